The molecule has 0 radical (unpaired) electrons. The minimum atomic E-state index is -0.473. The summed E-state index contributed by atoms with van der Waals surface area (Å²) in [6, 6.07) is 4.37. The van der Waals surface area contributed by atoms with E-state index in [0.29, 0.717) is 12.2 Å². The highest BCUT2D eigenvalue weighted by Gasteiger charge is 2.21. The zero-order valence-corrected chi connectivity index (χ0v) is 11.9. The van der Waals surface area contributed by atoms with Crippen LogP contribution in [-0.4, -0.2) is 22.6 Å². The fraction of sp³-hybridized carbons (Fsp3) is 0.286. The van der Waals surface area contributed by atoms with Crippen LogP contribution in [0.2, 0.25) is 5.02 Å². The number of carbonyl (C=O) groups excluding carboxylic acids is 1. The molecule has 1 aliphatic heterocycles. The van der Waals surface area contributed by atoms with Crippen molar-refractivity contribution in [3.8, 4) is 0 Å². The number of nitrogens with one attached hydrogen (secondary N) is 3. The van der Waals surface area contributed by atoms with E-state index in [1.54, 1.807) is 6.07 Å². The molecule has 110 valence electrons. The lowest BCUT2D eigenvalue weighted by Crippen LogP contribution is -2.28. The Morgan fingerprint density at radius 2 is 2.33 bits per heavy atom. The molecule has 21 heavy (non-hydrogen) atoms. The van der Waals surface area contributed by atoms with Gasteiger partial charge in [-0.1, -0.05) is 17.7 Å². The van der Waals surface area contributed by atoms with Gasteiger partial charge in [0.05, 0.1) is 5.02 Å². The second kappa shape index (κ2) is 5.83. The summed E-state index contributed by atoms with van der Waals surface area (Å²) in [5, 5.41) is 13.0. The van der Waals surface area contributed by atoms with Crippen LogP contribution in [0.15, 0.2) is 18.2 Å². The largest absolute Gasteiger partial charge is 0.347 e. The Balaban J connectivity index is 1.69. The summed E-state index contributed by atoms with van der Waals surface area (Å²) >= 11 is 5.71. The molecule has 1 aliphatic rings. The molecule has 1 amide bonds. The quantitative estimate of drug-likeness (QED) is 0.809. The Labute approximate surface area is 125 Å². The van der Waals surface area contributed by atoms with E-state index < -0.39 is 5.82 Å². The maximum Gasteiger partial charge on any atom is 0.272 e. The van der Waals surface area contributed by atoms with Crippen LogP contribution in [-0.2, 0) is 19.5 Å². The first-order valence-corrected chi connectivity index (χ1v) is 7.02. The Morgan fingerprint density at radius 1 is 1.48 bits per heavy atom. The molecule has 0 saturated carbocycles. The van der Waals surface area contributed by atoms with E-state index in [2.05, 4.69) is 20.8 Å². The van der Waals surface area contributed by atoms with Crippen molar-refractivity contribution in [3.63, 3.8) is 0 Å². The maximum atomic E-state index is 13.1. The monoisotopic (exact) mass is 308 g/mol. The van der Waals surface area contributed by atoms with Crippen molar-refractivity contribution in [2.24, 2.45) is 0 Å². The standard InChI is InChI=1S/C14H14ClFN4O/c15-10-5-8(1-2-11(10)16)6-18-14(21)13-9-7-17-4-3-12(9)19-20-13/h1-2,5,17H,3-4,6-7H2,(H,18,21)(H,19,20). The van der Waals surface area contributed by atoms with E-state index in [1.165, 1.54) is 12.1 Å². The van der Waals surface area contributed by atoms with Gasteiger partial charge in [0, 0.05) is 37.3 Å². The normalized spacial score (nSPS) is 13.8. The molecule has 1 aromatic carbocycles. The van der Waals surface area contributed by atoms with E-state index >= 15 is 0 Å². The predicted molar refractivity (Wildman–Crippen MR) is 76.6 cm³/mol. The molecule has 5 nitrogen and oxygen atoms in total. The molecule has 2 aromatic rings. The first-order chi connectivity index (χ1) is 10.1. The molecule has 0 bridgehead atoms. The number of halogens is 2. The lowest BCUT2D eigenvalue weighted by Gasteiger charge is -2.12. The van der Waals surface area contributed by atoms with Crippen LogP contribution in [0.25, 0.3) is 0 Å². The first kappa shape index (κ1) is 14.0. The number of benzene rings is 1. The lowest BCUT2D eigenvalue weighted by molar-refractivity contribution is 0.0944. The van der Waals surface area contributed by atoms with Gasteiger partial charge < -0.3 is 10.6 Å². The van der Waals surface area contributed by atoms with E-state index in [-0.39, 0.29) is 17.5 Å². The van der Waals surface area contributed by atoms with Gasteiger partial charge in [-0.25, -0.2) is 4.39 Å². The predicted octanol–water partition coefficient (Wildman–Crippen LogP) is 1.78. The first-order valence-electron chi connectivity index (χ1n) is 6.64. The summed E-state index contributed by atoms with van der Waals surface area (Å²) in [6.07, 6.45) is 0.836. The topological polar surface area (TPSA) is 69.8 Å². The summed E-state index contributed by atoms with van der Waals surface area (Å²) in [5.41, 5.74) is 3.06. The van der Waals surface area contributed by atoms with E-state index in [1.807, 2.05) is 0 Å². The van der Waals surface area contributed by atoms with Crippen molar-refractivity contribution >= 4 is 17.5 Å². The summed E-state index contributed by atoms with van der Waals surface area (Å²) in [4.78, 5) is 12.2. The molecule has 0 spiro atoms. The number of H-pyrrole nitrogens is 1. The van der Waals surface area contributed by atoms with Crippen LogP contribution in [0.4, 0.5) is 4.39 Å². The molecule has 0 atom stereocenters. The average molecular weight is 309 g/mol. The summed E-state index contributed by atoms with van der Waals surface area (Å²) in [5.74, 6) is -0.726. The van der Waals surface area contributed by atoms with Crippen LogP contribution < -0.4 is 10.6 Å². The number of hydrogen-bond acceptors (Lipinski definition) is 3. The Hall–Kier alpha value is -1.92. The van der Waals surface area contributed by atoms with Crippen molar-refractivity contribution in [3.05, 3.63) is 51.6 Å². The minimum Gasteiger partial charge on any atom is -0.347 e. The van der Waals surface area contributed by atoms with Crippen molar-refractivity contribution in [1.29, 1.82) is 0 Å². The van der Waals surface area contributed by atoms with Crippen LogP contribution >= 0.6 is 11.6 Å². The van der Waals surface area contributed by atoms with Crippen molar-refractivity contribution in [1.82, 2.24) is 20.8 Å². The van der Waals surface area contributed by atoms with E-state index in [9.17, 15) is 9.18 Å². The molecular formula is C14H14ClFN4O. The molecule has 3 N–H and O–H groups in total. The van der Waals surface area contributed by atoms with E-state index in [4.69, 9.17) is 11.6 Å². The van der Waals surface area contributed by atoms with Gasteiger partial charge in [-0.05, 0) is 17.7 Å². The van der Waals surface area contributed by atoms with Crippen molar-refractivity contribution in [2.45, 2.75) is 19.5 Å². The Kier molecular flexibility index (Phi) is 3.90. The molecule has 3 rings (SSSR count). The second-order valence-corrected chi connectivity index (χ2v) is 5.29. The zero-order chi connectivity index (χ0) is 14.8. The number of fused-ring (bicyclic) bond motifs is 1. The summed E-state index contributed by atoms with van der Waals surface area (Å²) in [6.45, 7) is 1.79. The third-order valence-electron chi connectivity index (χ3n) is 3.46. The molecule has 0 saturated heterocycles. The number of amides is 1. The van der Waals surface area contributed by atoms with Gasteiger partial charge in [-0.15, -0.1) is 0 Å². The Morgan fingerprint density at radius 3 is 3.14 bits per heavy atom. The fourth-order valence-electron chi connectivity index (χ4n) is 2.33. The zero-order valence-electron chi connectivity index (χ0n) is 11.2. The smallest absolute Gasteiger partial charge is 0.272 e. The SMILES string of the molecule is O=C(NCc1ccc(F)c(Cl)c1)c1n[nH]c2c1CNCC2. The number of hydrogen-bond donors (Lipinski definition) is 3. The number of rotatable bonds is 3. The average Bonchev–Trinajstić information content (AvgIpc) is 2.92. The second-order valence-electron chi connectivity index (χ2n) is 4.89. The van der Waals surface area contributed by atoms with Gasteiger partial charge in [0.15, 0.2) is 5.69 Å². The molecule has 0 aliphatic carbocycles. The van der Waals surface area contributed by atoms with Crippen molar-refractivity contribution < 1.29 is 9.18 Å². The van der Waals surface area contributed by atoms with Crippen LogP contribution in [0.3, 0.4) is 0 Å². The third-order valence-corrected chi connectivity index (χ3v) is 3.75. The van der Waals surface area contributed by atoms with Gasteiger partial charge in [0.2, 0.25) is 0 Å². The highest BCUT2D eigenvalue weighted by atomic mass is 35.5. The molecule has 2 heterocycles. The van der Waals surface area contributed by atoms with Crippen molar-refractivity contribution in [2.75, 3.05) is 6.54 Å². The third kappa shape index (κ3) is 2.91. The molecule has 7 heteroatoms. The molecule has 1 aromatic heterocycles. The number of aromatic nitrogens is 2. The Bertz CT molecular complexity index is 686. The van der Waals surface area contributed by atoms with Gasteiger partial charge in [0.1, 0.15) is 5.82 Å². The minimum absolute atomic E-state index is 0.0445. The molecule has 0 unspecified atom stereocenters. The summed E-state index contributed by atoms with van der Waals surface area (Å²) < 4.78 is 13.1. The number of aromatic amines is 1. The van der Waals surface area contributed by atoms with E-state index in [0.717, 1.165) is 29.8 Å². The van der Waals surface area contributed by atoms with Crippen LogP contribution in [0, 0.1) is 5.82 Å². The highest BCUT2D eigenvalue weighted by molar-refractivity contribution is 6.30. The van der Waals surface area contributed by atoms with Gasteiger partial charge in [-0.3, -0.25) is 9.89 Å². The summed E-state index contributed by atoms with van der Waals surface area (Å²) in [7, 11) is 0. The molecular weight excluding hydrogens is 295 g/mol. The van der Waals surface area contributed by atoms with Gasteiger partial charge in [0.25, 0.3) is 5.91 Å². The van der Waals surface area contributed by atoms with Gasteiger partial charge >= 0.3 is 0 Å². The van der Waals surface area contributed by atoms with Crippen LogP contribution in [0.5, 0.6) is 0 Å². The lowest BCUT2D eigenvalue weighted by atomic mass is 10.1. The molecule has 0 fully saturated rings. The maximum absolute atomic E-state index is 13.1. The number of carbonyl (C=O) groups is 1. The number of nitrogens with zero attached hydrogens (tertiary/aromatic N) is 1. The fourth-order valence-corrected chi connectivity index (χ4v) is 2.53. The van der Waals surface area contributed by atoms with Gasteiger partial charge in [-0.2, -0.15) is 5.10 Å². The highest BCUT2D eigenvalue weighted by Crippen LogP contribution is 2.17. The van der Waals surface area contributed by atoms with Crippen LogP contribution in [0.1, 0.15) is 27.3 Å².